The Labute approximate surface area is 103 Å². The lowest BCUT2D eigenvalue weighted by atomic mass is 9.85. The van der Waals surface area contributed by atoms with E-state index in [2.05, 4.69) is 4.98 Å². The fraction of sp³-hybridized carbons (Fsp3) is 0.333. The van der Waals surface area contributed by atoms with Crippen LogP contribution >= 0.6 is 0 Å². The van der Waals surface area contributed by atoms with Crippen molar-refractivity contribution >= 4 is 11.5 Å². The highest BCUT2D eigenvalue weighted by molar-refractivity contribution is 5.93. The molecular weight excluding hydrogens is 234 g/mol. The number of nitrogens with two attached hydrogens (primary N) is 1. The van der Waals surface area contributed by atoms with Crippen LogP contribution in [-0.4, -0.2) is 40.2 Å². The Morgan fingerprint density at radius 1 is 1.56 bits per heavy atom. The summed E-state index contributed by atoms with van der Waals surface area (Å²) in [7, 11) is 0. The summed E-state index contributed by atoms with van der Waals surface area (Å²) in [4.78, 5) is 15.5. The van der Waals surface area contributed by atoms with E-state index >= 15 is 0 Å². The highest BCUT2D eigenvalue weighted by Gasteiger charge is 2.43. The number of carbonyl (C=O) groups is 1. The average molecular weight is 247 g/mol. The quantitative estimate of drug-likeness (QED) is 0.812. The van der Waals surface area contributed by atoms with Gasteiger partial charge in [0.1, 0.15) is 5.82 Å². The summed E-state index contributed by atoms with van der Waals surface area (Å²) in [6, 6.07) is 5.37. The number of fused-ring (bicyclic) bond motifs is 1. The molecule has 0 unspecified atom stereocenters. The Morgan fingerprint density at radius 3 is 2.89 bits per heavy atom. The maximum absolute atomic E-state index is 11.2. The van der Waals surface area contributed by atoms with Crippen molar-refractivity contribution in [3.63, 3.8) is 0 Å². The Bertz CT molecular complexity index is 611. The zero-order valence-corrected chi connectivity index (χ0v) is 9.67. The van der Waals surface area contributed by atoms with Gasteiger partial charge >= 0.3 is 5.97 Å². The van der Waals surface area contributed by atoms with Crippen LogP contribution in [0.3, 0.4) is 0 Å². The van der Waals surface area contributed by atoms with Gasteiger partial charge in [0.25, 0.3) is 0 Å². The van der Waals surface area contributed by atoms with Crippen LogP contribution in [0.1, 0.15) is 16.3 Å². The highest BCUT2D eigenvalue weighted by atomic mass is 16.5. The Morgan fingerprint density at radius 2 is 2.33 bits per heavy atom. The molecule has 18 heavy (non-hydrogen) atoms. The van der Waals surface area contributed by atoms with E-state index in [1.807, 2.05) is 6.07 Å². The molecule has 1 saturated heterocycles. The van der Waals surface area contributed by atoms with Crippen LogP contribution in [0.5, 0.6) is 0 Å². The maximum Gasteiger partial charge on any atom is 0.356 e. The lowest BCUT2D eigenvalue weighted by Crippen LogP contribution is -2.53. The minimum atomic E-state index is -1.03. The van der Waals surface area contributed by atoms with Gasteiger partial charge in [0, 0.05) is 12.7 Å². The van der Waals surface area contributed by atoms with Crippen molar-refractivity contribution < 1.29 is 14.6 Å². The monoisotopic (exact) mass is 247 g/mol. The third-order valence-corrected chi connectivity index (χ3v) is 3.37. The third kappa shape index (κ3) is 1.36. The van der Waals surface area contributed by atoms with Crippen molar-refractivity contribution in [1.82, 2.24) is 9.38 Å². The zero-order chi connectivity index (χ0) is 12.8. The largest absolute Gasteiger partial charge is 0.476 e. The molecule has 3 rings (SSSR count). The number of hydrogen-bond donors (Lipinski definition) is 2. The minimum Gasteiger partial charge on any atom is -0.476 e. The predicted octanol–water partition coefficient (Wildman–Crippen LogP) is 0.259. The van der Waals surface area contributed by atoms with Gasteiger partial charge in [0.2, 0.25) is 0 Å². The molecule has 0 saturated carbocycles. The molecule has 1 aliphatic heterocycles. The van der Waals surface area contributed by atoms with E-state index in [1.54, 1.807) is 22.7 Å². The number of carboxylic acids is 1. The molecule has 0 amide bonds. The second-order valence-corrected chi connectivity index (χ2v) is 4.52. The Balaban J connectivity index is 2.27. The number of imidazole rings is 1. The van der Waals surface area contributed by atoms with E-state index in [0.717, 1.165) is 0 Å². The van der Waals surface area contributed by atoms with Crippen molar-refractivity contribution in [3.8, 4) is 0 Å². The summed E-state index contributed by atoms with van der Waals surface area (Å²) >= 11 is 0. The first-order valence-electron chi connectivity index (χ1n) is 5.67. The Kier molecular flexibility index (Phi) is 2.36. The molecular formula is C12H13N3O3. The molecule has 1 aliphatic rings. The van der Waals surface area contributed by atoms with Crippen molar-refractivity contribution in [3.05, 3.63) is 35.9 Å². The number of nitrogens with zero attached hydrogens (tertiary/aromatic N) is 2. The molecule has 6 nitrogen and oxygen atoms in total. The van der Waals surface area contributed by atoms with Crippen LogP contribution in [0.15, 0.2) is 24.4 Å². The number of ether oxygens (including phenoxy) is 1. The molecule has 2 aromatic rings. The van der Waals surface area contributed by atoms with E-state index < -0.39 is 5.97 Å². The maximum atomic E-state index is 11.2. The van der Waals surface area contributed by atoms with E-state index in [-0.39, 0.29) is 11.1 Å². The fourth-order valence-corrected chi connectivity index (χ4v) is 2.26. The summed E-state index contributed by atoms with van der Waals surface area (Å²) in [6.07, 6.45) is 1.81. The fourth-order valence-electron chi connectivity index (χ4n) is 2.26. The average Bonchev–Trinajstić information content (AvgIpc) is 2.69. The van der Waals surface area contributed by atoms with Crippen LogP contribution in [-0.2, 0) is 10.2 Å². The smallest absolute Gasteiger partial charge is 0.356 e. The van der Waals surface area contributed by atoms with Gasteiger partial charge < -0.3 is 20.0 Å². The molecule has 3 heterocycles. The Hall–Kier alpha value is -1.92. The van der Waals surface area contributed by atoms with Crippen LogP contribution in [0.2, 0.25) is 0 Å². The summed E-state index contributed by atoms with van der Waals surface area (Å²) in [6.45, 7) is 1.35. The van der Waals surface area contributed by atoms with E-state index in [9.17, 15) is 9.90 Å². The first-order chi connectivity index (χ1) is 8.68. The van der Waals surface area contributed by atoms with Gasteiger partial charge in [-0.3, -0.25) is 0 Å². The number of aromatic nitrogens is 2. The lowest BCUT2D eigenvalue weighted by molar-refractivity contribution is -0.0596. The molecule has 2 aromatic heterocycles. The molecule has 6 heteroatoms. The van der Waals surface area contributed by atoms with E-state index in [4.69, 9.17) is 10.5 Å². The number of carboxylic acid groups (broad SMARTS) is 1. The summed E-state index contributed by atoms with van der Waals surface area (Å²) in [5, 5.41) is 9.19. The summed E-state index contributed by atoms with van der Waals surface area (Å²) in [5.41, 5.74) is 6.08. The summed E-state index contributed by atoms with van der Waals surface area (Å²) < 4.78 is 7.01. The van der Waals surface area contributed by atoms with Crippen molar-refractivity contribution in [1.29, 1.82) is 0 Å². The van der Waals surface area contributed by atoms with Gasteiger partial charge in [-0.1, -0.05) is 6.07 Å². The van der Waals surface area contributed by atoms with Gasteiger partial charge in [0.15, 0.2) is 5.69 Å². The van der Waals surface area contributed by atoms with Gasteiger partial charge in [-0.2, -0.15) is 0 Å². The van der Waals surface area contributed by atoms with Gasteiger partial charge in [-0.15, -0.1) is 0 Å². The minimum absolute atomic E-state index is 0.0605. The van der Waals surface area contributed by atoms with Gasteiger partial charge in [-0.25, -0.2) is 9.78 Å². The van der Waals surface area contributed by atoms with Crippen LogP contribution in [0.4, 0.5) is 0 Å². The summed E-state index contributed by atoms with van der Waals surface area (Å²) in [5.74, 6) is -0.360. The van der Waals surface area contributed by atoms with Crippen LogP contribution < -0.4 is 5.73 Å². The highest BCUT2D eigenvalue weighted by Crippen LogP contribution is 2.31. The molecule has 0 aliphatic carbocycles. The first kappa shape index (κ1) is 11.2. The number of pyridine rings is 1. The second-order valence-electron chi connectivity index (χ2n) is 4.52. The third-order valence-electron chi connectivity index (χ3n) is 3.37. The number of rotatable bonds is 3. The van der Waals surface area contributed by atoms with Crippen molar-refractivity contribution in [2.45, 2.75) is 5.41 Å². The SMILES string of the molecule is NCC1(c2nc(C(=O)O)c3ccccn23)COC1. The topological polar surface area (TPSA) is 89.8 Å². The van der Waals surface area contributed by atoms with Crippen LogP contribution in [0, 0.1) is 0 Å². The normalized spacial score (nSPS) is 17.6. The molecule has 94 valence electrons. The molecule has 3 N–H and O–H groups in total. The molecule has 0 atom stereocenters. The number of hydrogen-bond acceptors (Lipinski definition) is 4. The molecule has 0 spiro atoms. The second kappa shape index (κ2) is 3.79. The lowest BCUT2D eigenvalue weighted by Gasteiger charge is -2.39. The van der Waals surface area contributed by atoms with Crippen molar-refractivity contribution in [2.75, 3.05) is 19.8 Å². The molecule has 0 aromatic carbocycles. The zero-order valence-electron chi connectivity index (χ0n) is 9.67. The van der Waals surface area contributed by atoms with E-state index in [1.165, 1.54) is 0 Å². The first-order valence-corrected chi connectivity index (χ1v) is 5.67. The van der Waals surface area contributed by atoms with Gasteiger partial charge in [-0.05, 0) is 12.1 Å². The van der Waals surface area contributed by atoms with Gasteiger partial charge in [0.05, 0.1) is 24.1 Å². The standard InChI is InChI=1S/C12H13N3O3/c13-5-12(6-18-7-12)11-14-9(10(16)17)8-3-1-2-4-15(8)11/h1-4H,5-7,13H2,(H,16,17). The van der Waals surface area contributed by atoms with E-state index in [0.29, 0.717) is 31.1 Å². The molecule has 0 bridgehead atoms. The number of aromatic carboxylic acids is 1. The predicted molar refractivity (Wildman–Crippen MR) is 63.7 cm³/mol. The van der Waals surface area contributed by atoms with Crippen LogP contribution in [0.25, 0.3) is 5.52 Å². The molecule has 0 radical (unpaired) electrons. The molecule has 1 fully saturated rings. The van der Waals surface area contributed by atoms with Crippen molar-refractivity contribution in [2.24, 2.45) is 5.73 Å².